The molecule has 11 heteroatoms. The number of hydrogen-bond acceptors (Lipinski definition) is 4. The highest BCUT2D eigenvalue weighted by Gasteiger charge is 2.31. The zero-order valence-corrected chi connectivity index (χ0v) is 22.4. The van der Waals surface area contributed by atoms with Crippen molar-refractivity contribution in [1.82, 2.24) is 10.2 Å². The monoisotopic (exact) mass is 577 g/mol. The molecule has 7 nitrogen and oxygen atoms in total. The molecular weight excluding hydrogens is 553 g/mol. The van der Waals surface area contributed by atoms with Gasteiger partial charge in [-0.05, 0) is 43.2 Å². The minimum atomic E-state index is -3.89. The van der Waals surface area contributed by atoms with E-state index in [1.54, 1.807) is 13.0 Å². The largest absolute Gasteiger partial charge is 0.354 e. The third kappa shape index (κ3) is 7.60. The zero-order valence-electron chi connectivity index (χ0n) is 18.5. The number of nitrogens with one attached hydrogen (secondary N) is 1. The van der Waals surface area contributed by atoms with Crippen LogP contribution in [-0.4, -0.2) is 50.5 Å². The number of rotatable bonds is 10. The van der Waals surface area contributed by atoms with E-state index in [1.807, 2.05) is 31.2 Å². The summed E-state index contributed by atoms with van der Waals surface area (Å²) >= 11 is 15.7. The Morgan fingerprint density at radius 1 is 1.15 bits per heavy atom. The lowest BCUT2D eigenvalue weighted by Gasteiger charge is -2.31. The molecule has 0 saturated carbocycles. The number of anilines is 1. The van der Waals surface area contributed by atoms with Crippen LogP contribution in [0.25, 0.3) is 0 Å². The summed E-state index contributed by atoms with van der Waals surface area (Å²) in [5.74, 6) is -0.887. The summed E-state index contributed by atoms with van der Waals surface area (Å²) in [7, 11) is -3.89. The molecule has 0 aliphatic rings. The first-order valence-electron chi connectivity index (χ1n) is 10.2. The number of benzene rings is 2. The van der Waals surface area contributed by atoms with Crippen molar-refractivity contribution in [2.45, 2.75) is 32.9 Å². The van der Waals surface area contributed by atoms with Crippen LogP contribution in [0.1, 0.15) is 25.8 Å². The Labute approximate surface area is 213 Å². The highest BCUT2D eigenvalue weighted by molar-refractivity contribution is 9.10. The number of carbonyl (C=O) groups is 2. The van der Waals surface area contributed by atoms with E-state index >= 15 is 0 Å². The smallest absolute Gasteiger partial charge is 0.244 e. The van der Waals surface area contributed by atoms with Gasteiger partial charge in [-0.3, -0.25) is 13.9 Å². The molecule has 0 unspecified atom stereocenters. The van der Waals surface area contributed by atoms with E-state index in [2.05, 4.69) is 21.2 Å². The molecule has 0 heterocycles. The van der Waals surface area contributed by atoms with Crippen molar-refractivity contribution < 1.29 is 18.0 Å². The van der Waals surface area contributed by atoms with Crippen molar-refractivity contribution in [3.8, 4) is 0 Å². The third-order valence-corrected chi connectivity index (χ3v) is 7.27. The average molecular weight is 579 g/mol. The highest BCUT2D eigenvalue weighted by atomic mass is 79.9. The van der Waals surface area contributed by atoms with Gasteiger partial charge in [-0.15, -0.1) is 0 Å². The summed E-state index contributed by atoms with van der Waals surface area (Å²) < 4.78 is 26.9. The highest BCUT2D eigenvalue weighted by Crippen LogP contribution is 2.33. The Kier molecular flexibility index (Phi) is 10.0. The Balaban J connectivity index is 2.42. The van der Waals surface area contributed by atoms with Crippen molar-refractivity contribution in [3.05, 3.63) is 62.5 Å². The minimum absolute atomic E-state index is 0.0182. The van der Waals surface area contributed by atoms with E-state index in [-0.39, 0.29) is 28.2 Å². The lowest BCUT2D eigenvalue weighted by Crippen LogP contribution is -2.51. The van der Waals surface area contributed by atoms with Crippen LogP contribution in [0.2, 0.25) is 10.0 Å². The van der Waals surface area contributed by atoms with Gasteiger partial charge in [-0.2, -0.15) is 0 Å². The quantitative estimate of drug-likeness (QED) is 0.451. The standard InChI is InChI=1S/C22H26BrCl2N3O4S/c1-4-11-26-22(30)15(2)27(13-16-7-5-8-17(23)12-16)20(29)14-28(33(3,31)32)19-10-6-9-18(24)21(19)25/h5-10,12,15H,4,11,13-14H2,1-3H3,(H,26,30)/t15-/m1/s1. The molecule has 0 radical (unpaired) electrons. The van der Waals surface area contributed by atoms with E-state index in [4.69, 9.17) is 23.2 Å². The van der Waals surface area contributed by atoms with Crippen molar-refractivity contribution >= 4 is 66.7 Å². The molecule has 2 rings (SSSR count). The number of halogens is 3. The van der Waals surface area contributed by atoms with Gasteiger partial charge in [0.1, 0.15) is 12.6 Å². The number of carbonyl (C=O) groups excluding carboxylic acids is 2. The Bertz CT molecular complexity index is 1110. The van der Waals surface area contributed by atoms with Crippen LogP contribution in [0.3, 0.4) is 0 Å². The second kappa shape index (κ2) is 12.1. The Hall–Kier alpha value is -1.81. The molecule has 1 atom stereocenters. The molecule has 2 aromatic rings. The van der Waals surface area contributed by atoms with Gasteiger partial charge in [0.25, 0.3) is 0 Å². The summed E-state index contributed by atoms with van der Waals surface area (Å²) in [6.07, 6.45) is 1.72. The normalized spacial score (nSPS) is 12.2. The molecule has 1 N–H and O–H groups in total. The summed E-state index contributed by atoms with van der Waals surface area (Å²) in [5.41, 5.74) is 0.866. The molecule has 180 valence electrons. The predicted octanol–water partition coefficient (Wildman–Crippen LogP) is 4.47. The van der Waals surface area contributed by atoms with Crippen LogP contribution >= 0.6 is 39.1 Å². The lowest BCUT2D eigenvalue weighted by atomic mass is 10.1. The maximum absolute atomic E-state index is 13.4. The molecule has 0 spiro atoms. The third-order valence-electron chi connectivity index (χ3n) is 4.84. The van der Waals surface area contributed by atoms with Crippen LogP contribution < -0.4 is 9.62 Å². The fourth-order valence-corrected chi connectivity index (χ4v) is 4.84. The summed E-state index contributed by atoms with van der Waals surface area (Å²) in [5, 5.41) is 2.96. The van der Waals surface area contributed by atoms with Crippen LogP contribution in [0.5, 0.6) is 0 Å². The van der Waals surface area contributed by atoms with E-state index in [1.165, 1.54) is 17.0 Å². The van der Waals surface area contributed by atoms with Gasteiger partial charge in [0, 0.05) is 17.6 Å². The molecule has 0 aromatic heterocycles. The Morgan fingerprint density at radius 3 is 2.42 bits per heavy atom. The average Bonchev–Trinajstić information content (AvgIpc) is 2.75. The van der Waals surface area contributed by atoms with Crippen LogP contribution in [0.15, 0.2) is 46.9 Å². The predicted molar refractivity (Wildman–Crippen MR) is 136 cm³/mol. The van der Waals surface area contributed by atoms with Crippen molar-refractivity contribution in [2.75, 3.05) is 23.7 Å². The maximum atomic E-state index is 13.4. The second-order valence-corrected chi connectivity index (χ2v) is 11.1. The van der Waals surface area contributed by atoms with Gasteiger partial charge in [0.2, 0.25) is 21.8 Å². The number of hydrogen-bond donors (Lipinski definition) is 1. The van der Waals surface area contributed by atoms with Gasteiger partial charge in [0.15, 0.2) is 0 Å². The summed E-state index contributed by atoms with van der Waals surface area (Å²) in [6.45, 7) is 3.57. The summed E-state index contributed by atoms with van der Waals surface area (Å²) in [6, 6.07) is 11.0. The number of sulfonamides is 1. The Morgan fingerprint density at radius 2 is 1.82 bits per heavy atom. The lowest BCUT2D eigenvalue weighted by molar-refractivity contribution is -0.139. The minimum Gasteiger partial charge on any atom is -0.354 e. The zero-order chi connectivity index (χ0) is 24.8. The molecule has 0 fully saturated rings. The second-order valence-electron chi connectivity index (χ2n) is 7.46. The molecule has 2 amide bonds. The van der Waals surface area contributed by atoms with Gasteiger partial charge < -0.3 is 10.2 Å². The van der Waals surface area contributed by atoms with Crippen molar-refractivity contribution in [2.24, 2.45) is 0 Å². The van der Waals surface area contributed by atoms with Crippen LogP contribution in [0.4, 0.5) is 5.69 Å². The topological polar surface area (TPSA) is 86.8 Å². The first-order valence-corrected chi connectivity index (χ1v) is 13.6. The van der Waals surface area contributed by atoms with Gasteiger partial charge >= 0.3 is 0 Å². The van der Waals surface area contributed by atoms with Crippen molar-refractivity contribution in [1.29, 1.82) is 0 Å². The van der Waals surface area contributed by atoms with Crippen LogP contribution in [0, 0.1) is 0 Å². The first-order chi connectivity index (χ1) is 15.5. The van der Waals surface area contributed by atoms with Gasteiger partial charge in [-0.25, -0.2) is 8.42 Å². The molecule has 0 aliphatic carbocycles. The van der Waals surface area contributed by atoms with E-state index in [0.29, 0.717) is 6.54 Å². The van der Waals surface area contributed by atoms with E-state index in [0.717, 1.165) is 27.0 Å². The molecule has 33 heavy (non-hydrogen) atoms. The fourth-order valence-electron chi connectivity index (χ4n) is 3.09. The fraction of sp³-hybridized carbons (Fsp3) is 0.364. The molecular formula is C22H26BrCl2N3O4S. The SMILES string of the molecule is CCCNC(=O)[C@@H](C)N(Cc1cccc(Br)c1)C(=O)CN(c1cccc(Cl)c1Cl)S(C)(=O)=O. The number of amides is 2. The summed E-state index contributed by atoms with van der Waals surface area (Å²) in [4.78, 5) is 27.5. The van der Waals surface area contributed by atoms with E-state index in [9.17, 15) is 18.0 Å². The van der Waals surface area contributed by atoms with E-state index < -0.39 is 28.5 Å². The first kappa shape index (κ1) is 27.4. The van der Waals surface area contributed by atoms with Crippen LogP contribution in [-0.2, 0) is 26.2 Å². The van der Waals surface area contributed by atoms with Crippen molar-refractivity contribution in [3.63, 3.8) is 0 Å². The number of nitrogens with zero attached hydrogens (tertiary/aromatic N) is 2. The van der Waals surface area contributed by atoms with Gasteiger partial charge in [-0.1, -0.05) is 64.3 Å². The maximum Gasteiger partial charge on any atom is 0.244 e. The molecule has 0 saturated heterocycles. The molecule has 0 aliphatic heterocycles. The molecule has 0 bridgehead atoms. The van der Waals surface area contributed by atoms with Gasteiger partial charge in [0.05, 0.1) is 22.0 Å². The molecule has 2 aromatic carbocycles.